The van der Waals surface area contributed by atoms with Crippen molar-refractivity contribution in [2.75, 3.05) is 0 Å². The molecule has 0 amide bonds. The Bertz CT molecular complexity index is 506. The van der Waals surface area contributed by atoms with E-state index in [0.29, 0.717) is 0 Å². The molecule has 0 aliphatic carbocycles. The van der Waals surface area contributed by atoms with Crippen molar-refractivity contribution in [2.45, 2.75) is 26.7 Å². The van der Waals surface area contributed by atoms with Crippen molar-refractivity contribution in [3.05, 3.63) is 77.4 Å². The van der Waals surface area contributed by atoms with Crippen LogP contribution in [0.15, 0.2) is 66.2 Å². The summed E-state index contributed by atoms with van der Waals surface area (Å²) in [6.45, 7) is 4.47. The van der Waals surface area contributed by atoms with Crippen LogP contribution in [0.4, 0.5) is 0 Å². The Kier molecular flexibility index (Phi) is 4.35. The van der Waals surface area contributed by atoms with Crippen molar-refractivity contribution in [3.63, 3.8) is 0 Å². The Balaban J connectivity index is 2.34. The van der Waals surface area contributed by atoms with Crippen molar-refractivity contribution in [1.29, 1.82) is 0 Å². The van der Waals surface area contributed by atoms with Gasteiger partial charge in [-0.2, -0.15) is 0 Å². The molecule has 2 aromatic rings. The van der Waals surface area contributed by atoms with E-state index in [9.17, 15) is 0 Å². The Morgan fingerprint density at radius 1 is 0.833 bits per heavy atom. The summed E-state index contributed by atoms with van der Waals surface area (Å²) in [5.41, 5.74) is 5.67. The zero-order valence-electron chi connectivity index (χ0n) is 11.2. The van der Waals surface area contributed by atoms with Gasteiger partial charge in [0.2, 0.25) is 0 Å². The van der Waals surface area contributed by atoms with E-state index in [1.165, 1.54) is 22.3 Å². The summed E-state index contributed by atoms with van der Waals surface area (Å²) in [6.07, 6.45) is 2.13. The highest BCUT2D eigenvalue weighted by molar-refractivity contribution is 5.70. The maximum atomic E-state index is 2.24. The Morgan fingerprint density at radius 3 is 1.94 bits per heavy atom. The molecule has 0 atom stereocenters. The van der Waals surface area contributed by atoms with Crippen LogP contribution >= 0.6 is 0 Å². The second kappa shape index (κ2) is 6.20. The summed E-state index contributed by atoms with van der Waals surface area (Å²) < 4.78 is 0. The fourth-order valence-corrected chi connectivity index (χ4v) is 2.15. The summed E-state index contributed by atoms with van der Waals surface area (Å²) >= 11 is 0. The number of hydrogen-bond acceptors (Lipinski definition) is 0. The van der Waals surface area contributed by atoms with Gasteiger partial charge in [-0.15, -0.1) is 0 Å². The van der Waals surface area contributed by atoms with Gasteiger partial charge in [0.15, 0.2) is 0 Å². The average molecular weight is 236 g/mol. The molecule has 2 rings (SSSR count). The average Bonchev–Trinajstić information content (AvgIpc) is 2.46. The summed E-state index contributed by atoms with van der Waals surface area (Å²) in [4.78, 5) is 0. The standard InChI is InChI=1S/C18H20/c1-3-15(2)18(17-12-8-5-9-13-17)14-16-10-6-4-7-11-16/h4-13H,3,14H2,1-2H3/b18-15+. The van der Waals surface area contributed by atoms with Crippen LogP contribution in [-0.2, 0) is 6.42 Å². The molecule has 0 spiro atoms. The maximum Gasteiger partial charge on any atom is -0.00204 e. The summed E-state index contributed by atoms with van der Waals surface area (Å²) in [5.74, 6) is 0. The van der Waals surface area contributed by atoms with Crippen molar-refractivity contribution >= 4 is 5.57 Å². The zero-order chi connectivity index (χ0) is 12.8. The zero-order valence-corrected chi connectivity index (χ0v) is 11.2. The molecule has 0 nitrogen and oxygen atoms in total. The van der Waals surface area contributed by atoms with E-state index >= 15 is 0 Å². The van der Waals surface area contributed by atoms with Crippen LogP contribution in [0, 0.1) is 0 Å². The second-order valence-electron chi connectivity index (χ2n) is 4.64. The van der Waals surface area contributed by atoms with E-state index in [2.05, 4.69) is 74.5 Å². The van der Waals surface area contributed by atoms with Crippen LogP contribution in [0.2, 0.25) is 0 Å². The van der Waals surface area contributed by atoms with Crippen LogP contribution in [0.3, 0.4) is 0 Å². The fourth-order valence-electron chi connectivity index (χ4n) is 2.15. The van der Waals surface area contributed by atoms with Gasteiger partial charge in [-0.25, -0.2) is 0 Å². The monoisotopic (exact) mass is 236 g/mol. The predicted octanol–water partition coefficient (Wildman–Crippen LogP) is 5.11. The molecule has 0 aliphatic heterocycles. The van der Waals surface area contributed by atoms with Crippen LogP contribution in [0.25, 0.3) is 5.57 Å². The number of allylic oxidation sites excluding steroid dienone is 2. The molecule has 92 valence electrons. The van der Waals surface area contributed by atoms with Crippen LogP contribution in [0.1, 0.15) is 31.4 Å². The minimum Gasteiger partial charge on any atom is -0.0695 e. The molecule has 0 saturated carbocycles. The van der Waals surface area contributed by atoms with E-state index in [4.69, 9.17) is 0 Å². The first-order valence-corrected chi connectivity index (χ1v) is 6.59. The summed E-state index contributed by atoms with van der Waals surface area (Å²) in [5, 5.41) is 0. The highest BCUT2D eigenvalue weighted by Gasteiger charge is 2.05. The third-order valence-electron chi connectivity index (χ3n) is 3.39. The first kappa shape index (κ1) is 12.6. The molecular formula is C18H20. The van der Waals surface area contributed by atoms with Gasteiger partial charge in [0.1, 0.15) is 0 Å². The molecule has 2 aromatic carbocycles. The lowest BCUT2D eigenvalue weighted by Gasteiger charge is -2.12. The van der Waals surface area contributed by atoms with Gasteiger partial charge in [0, 0.05) is 0 Å². The lowest BCUT2D eigenvalue weighted by Crippen LogP contribution is -1.94. The minimum atomic E-state index is 1.02. The Hall–Kier alpha value is -1.82. The number of rotatable bonds is 4. The normalized spacial score (nSPS) is 12.1. The Morgan fingerprint density at radius 2 is 1.39 bits per heavy atom. The SMILES string of the molecule is CC/C(C)=C(\Cc1ccccc1)c1ccccc1. The molecule has 18 heavy (non-hydrogen) atoms. The van der Waals surface area contributed by atoms with Gasteiger partial charge >= 0.3 is 0 Å². The third-order valence-corrected chi connectivity index (χ3v) is 3.39. The summed E-state index contributed by atoms with van der Waals surface area (Å²) in [7, 11) is 0. The van der Waals surface area contributed by atoms with Crippen LogP contribution in [0.5, 0.6) is 0 Å². The molecule has 0 bridgehead atoms. The minimum absolute atomic E-state index is 1.02. The van der Waals surface area contributed by atoms with E-state index in [1.807, 2.05) is 0 Å². The maximum absolute atomic E-state index is 2.24. The molecular weight excluding hydrogens is 216 g/mol. The second-order valence-corrected chi connectivity index (χ2v) is 4.64. The van der Waals surface area contributed by atoms with E-state index in [1.54, 1.807) is 0 Å². The van der Waals surface area contributed by atoms with Gasteiger partial charge in [0.25, 0.3) is 0 Å². The highest BCUT2D eigenvalue weighted by Crippen LogP contribution is 2.24. The van der Waals surface area contributed by atoms with Gasteiger partial charge in [-0.1, -0.05) is 73.2 Å². The van der Waals surface area contributed by atoms with Crippen LogP contribution in [-0.4, -0.2) is 0 Å². The molecule has 0 heteroatoms. The molecule has 0 aliphatic rings. The Labute approximate surface area is 110 Å². The van der Waals surface area contributed by atoms with Crippen LogP contribution < -0.4 is 0 Å². The van der Waals surface area contributed by atoms with Gasteiger partial charge in [-0.3, -0.25) is 0 Å². The molecule has 0 N–H and O–H groups in total. The van der Waals surface area contributed by atoms with Crippen molar-refractivity contribution in [3.8, 4) is 0 Å². The third kappa shape index (κ3) is 3.10. The molecule has 0 aromatic heterocycles. The first-order valence-electron chi connectivity index (χ1n) is 6.59. The summed E-state index contributed by atoms with van der Waals surface area (Å²) in [6, 6.07) is 21.4. The number of benzene rings is 2. The van der Waals surface area contributed by atoms with E-state index < -0.39 is 0 Å². The number of hydrogen-bond donors (Lipinski definition) is 0. The van der Waals surface area contributed by atoms with Gasteiger partial charge in [0.05, 0.1) is 0 Å². The van der Waals surface area contributed by atoms with E-state index in [-0.39, 0.29) is 0 Å². The quantitative estimate of drug-likeness (QED) is 0.691. The van der Waals surface area contributed by atoms with Crippen molar-refractivity contribution in [2.24, 2.45) is 0 Å². The molecule has 0 saturated heterocycles. The largest absolute Gasteiger partial charge is 0.0695 e. The smallest absolute Gasteiger partial charge is 0.00204 e. The van der Waals surface area contributed by atoms with Gasteiger partial charge < -0.3 is 0 Å². The predicted molar refractivity (Wildman–Crippen MR) is 79.5 cm³/mol. The lowest BCUT2D eigenvalue weighted by atomic mass is 9.93. The topological polar surface area (TPSA) is 0 Å². The fraction of sp³-hybridized carbons (Fsp3) is 0.222. The first-order chi connectivity index (χ1) is 8.81. The lowest BCUT2D eigenvalue weighted by molar-refractivity contribution is 1.08. The van der Waals surface area contributed by atoms with Crippen molar-refractivity contribution in [1.82, 2.24) is 0 Å². The van der Waals surface area contributed by atoms with Gasteiger partial charge in [-0.05, 0) is 36.5 Å². The molecule has 0 unspecified atom stereocenters. The highest BCUT2D eigenvalue weighted by atomic mass is 14.1. The van der Waals surface area contributed by atoms with E-state index in [0.717, 1.165) is 12.8 Å². The van der Waals surface area contributed by atoms with Crippen molar-refractivity contribution < 1.29 is 0 Å². The molecule has 0 radical (unpaired) electrons. The molecule has 0 fully saturated rings. The molecule has 0 heterocycles.